The number of rotatable bonds is 2. The summed E-state index contributed by atoms with van der Waals surface area (Å²) in [5, 5.41) is 0. The SMILES string of the molecule is CC[C@@H]1CCCN1C(=O)c1ccco1. The van der Waals surface area contributed by atoms with Crippen LogP contribution in [0.15, 0.2) is 22.8 Å². The molecule has 3 heteroatoms. The third-order valence-corrected chi connectivity index (χ3v) is 2.84. The van der Waals surface area contributed by atoms with Crippen molar-refractivity contribution in [2.75, 3.05) is 6.54 Å². The number of nitrogens with zero attached hydrogens (tertiary/aromatic N) is 1. The lowest BCUT2D eigenvalue weighted by Crippen LogP contribution is -2.34. The molecule has 2 heterocycles. The van der Waals surface area contributed by atoms with Gasteiger partial charge in [-0.05, 0) is 31.4 Å². The Bertz CT molecular complexity index is 305. The lowest BCUT2D eigenvalue weighted by Gasteiger charge is -2.22. The van der Waals surface area contributed by atoms with Gasteiger partial charge in [-0.15, -0.1) is 0 Å². The molecule has 1 amide bonds. The molecule has 1 fully saturated rings. The number of hydrogen-bond acceptors (Lipinski definition) is 2. The fraction of sp³-hybridized carbons (Fsp3) is 0.545. The van der Waals surface area contributed by atoms with Crippen LogP contribution in [0, 0.1) is 0 Å². The first kappa shape index (κ1) is 9.31. The lowest BCUT2D eigenvalue weighted by molar-refractivity contribution is 0.0701. The highest BCUT2D eigenvalue weighted by atomic mass is 16.3. The molecule has 0 bridgehead atoms. The second-order valence-electron chi connectivity index (χ2n) is 3.68. The van der Waals surface area contributed by atoms with E-state index in [1.165, 1.54) is 0 Å². The minimum absolute atomic E-state index is 0.0411. The smallest absolute Gasteiger partial charge is 0.289 e. The van der Waals surface area contributed by atoms with Crippen LogP contribution in [-0.4, -0.2) is 23.4 Å². The average molecular weight is 193 g/mol. The van der Waals surface area contributed by atoms with Crippen LogP contribution in [0.25, 0.3) is 0 Å². The van der Waals surface area contributed by atoms with Crippen LogP contribution in [0.3, 0.4) is 0 Å². The topological polar surface area (TPSA) is 33.5 Å². The molecule has 2 rings (SSSR count). The molecule has 3 nitrogen and oxygen atoms in total. The number of amides is 1. The molecule has 14 heavy (non-hydrogen) atoms. The first-order valence-corrected chi connectivity index (χ1v) is 5.17. The fourth-order valence-electron chi connectivity index (χ4n) is 2.07. The first-order valence-electron chi connectivity index (χ1n) is 5.17. The van der Waals surface area contributed by atoms with E-state index < -0.39 is 0 Å². The Balaban J connectivity index is 2.11. The molecule has 0 saturated carbocycles. The van der Waals surface area contributed by atoms with Crippen molar-refractivity contribution in [1.82, 2.24) is 4.90 Å². The molecule has 1 aliphatic heterocycles. The van der Waals surface area contributed by atoms with Gasteiger partial charge in [0.1, 0.15) is 0 Å². The Morgan fingerprint density at radius 2 is 2.57 bits per heavy atom. The largest absolute Gasteiger partial charge is 0.459 e. The number of carbonyl (C=O) groups is 1. The summed E-state index contributed by atoms with van der Waals surface area (Å²) in [4.78, 5) is 13.8. The summed E-state index contributed by atoms with van der Waals surface area (Å²) in [7, 11) is 0. The van der Waals surface area contributed by atoms with Crippen molar-refractivity contribution in [3.05, 3.63) is 24.2 Å². The van der Waals surface area contributed by atoms with E-state index in [2.05, 4.69) is 6.92 Å². The molecule has 0 aliphatic carbocycles. The highest BCUT2D eigenvalue weighted by molar-refractivity contribution is 5.91. The Labute approximate surface area is 83.7 Å². The van der Waals surface area contributed by atoms with Gasteiger partial charge in [-0.1, -0.05) is 6.92 Å². The summed E-state index contributed by atoms with van der Waals surface area (Å²) in [5.74, 6) is 0.504. The van der Waals surface area contributed by atoms with Gasteiger partial charge in [0.2, 0.25) is 0 Å². The van der Waals surface area contributed by atoms with Gasteiger partial charge in [0, 0.05) is 12.6 Å². The monoisotopic (exact) mass is 193 g/mol. The van der Waals surface area contributed by atoms with Crippen molar-refractivity contribution in [3.63, 3.8) is 0 Å². The minimum Gasteiger partial charge on any atom is -0.459 e. The van der Waals surface area contributed by atoms with Crippen molar-refractivity contribution < 1.29 is 9.21 Å². The third-order valence-electron chi connectivity index (χ3n) is 2.84. The number of likely N-dealkylation sites (tertiary alicyclic amines) is 1. The Kier molecular flexibility index (Phi) is 2.57. The van der Waals surface area contributed by atoms with E-state index in [4.69, 9.17) is 4.42 Å². The zero-order valence-corrected chi connectivity index (χ0v) is 8.40. The van der Waals surface area contributed by atoms with Crippen LogP contribution >= 0.6 is 0 Å². The molecule has 0 N–H and O–H groups in total. The average Bonchev–Trinajstić information content (AvgIpc) is 2.87. The van der Waals surface area contributed by atoms with Crippen LogP contribution in [0.4, 0.5) is 0 Å². The van der Waals surface area contributed by atoms with Crippen LogP contribution in [0.5, 0.6) is 0 Å². The molecule has 0 aromatic carbocycles. The predicted molar refractivity (Wildman–Crippen MR) is 53.1 cm³/mol. The Morgan fingerprint density at radius 3 is 3.21 bits per heavy atom. The van der Waals surface area contributed by atoms with E-state index in [-0.39, 0.29) is 5.91 Å². The summed E-state index contributed by atoms with van der Waals surface area (Å²) in [6.45, 7) is 3.00. The number of furan rings is 1. The number of carbonyl (C=O) groups excluding carboxylic acids is 1. The maximum Gasteiger partial charge on any atom is 0.289 e. The van der Waals surface area contributed by atoms with Crippen molar-refractivity contribution in [1.29, 1.82) is 0 Å². The van der Waals surface area contributed by atoms with Gasteiger partial charge in [-0.25, -0.2) is 0 Å². The van der Waals surface area contributed by atoms with Crippen LogP contribution in [-0.2, 0) is 0 Å². The van der Waals surface area contributed by atoms with Gasteiger partial charge in [-0.2, -0.15) is 0 Å². The molecule has 0 spiro atoms. The standard InChI is InChI=1S/C11H15NO2/c1-2-9-5-3-7-12(9)11(13)10-6-4-8-14-10/h4,6,8-9H,2-3,5,7H2,1H3/t9-/m1/s1. The van der Waals surface area contributed by atoms with Crippen LogP contribution in [0.1, 0.15) is 36.7 Å². The molecule has 1 atom stereocenters. The molecular weight excluding hydrogens is 178 g/mol. The first-order chi connectivity index (χ1) is 6.83. The van der Waals surface area contributed by atoms with Crippen molar-refractivity contribution in [3.8, 4) is 0 Å². The van der Waals surface area contributed by atoms with E-state index >= 15 is 0 Å². The van der Waals surface area contributed by atoms with E-state index in [1.807, 2.05) is 4.90 Å². The van der Waals surface area contributed by atoms with E-state index in [0.29, 0.717) is 11.8 Å². The zero-order valence-electron chi connectivity index (χ0n) is 8.40. The maximum atomic E-state index is 11.9. The Hall–Kier alpha value is -1.25. The van der Waals surface area contributed by atoms with Gasteiger partial charge in [-0.3, -0.25) is 4.79 Å². The lowest BCUT2D eigenvalue weighted by atomic mass is 10.1. The molecular formula is C11H15NO2. The predicted octanol–water partition coefficient (Wildman–Crippen LogP) is 2.29. The molecule has 1 aromatic rings. The second-order valence-corrected chi connectivity index (χ2v) is 3.68. The highest BCUT2D eigenvalue weighted by Crippen LogP contribution is 2.22. The van der Waals surface area contributed by atoms with Crippen molar-refractivity contribution in [2.24, 2.45) is 0 Å². The Morgan fingerprint density at radius 1 is 1.71 bits per heavy atom. The normalized spacial score (nSPS) is 21.5. The van der Waals surface area contributed by atoms with Crippen LogP contribution < -0.4 is 0 Å². The third kappa shape index (κ3) is 1.54. The summed E-state index contributed by atoms with van der Waals surface area (Å²) >= 11 is 0. The summed E-state index contributed by atoms with van der Waals surface area (Å²) in [6, 6.07) is 3.89. The van der Waals surface area contributed by atoms with Crippen LogP contribution in [0.2, 0.25) is 0 Å². The minimum atomic E-state index is 0.0411. The van der Waals surface area contributed by atoms with E-state index in [9.17, 15) is 4.79 Å². The van der Waals surface area contributed by atoms with Gasteiger partial charge < -0.3 is 9.32 Å². The quantitative estimate of drug-likeness (QED) is 0.722. The van der Waals surface area contributed by atoms with Gasteiger partial charge in [0.25, 0.3) is 5.91 Å². The molecule has 1 saturated heterocycles. The van der Waals surface area contributed by atoms with Gasteiger partial charge >= 0.3 is 0 Å². The van der Waals surface area contributed by atoms with Gasteiger partial charge in [0.05, 0.1) is 6.26 Å². The van der Waals surface area contributed by atoms with Crippen molar-refractivity contribution in [2.45, 2.75) is 32.2 Å². The van der Waals surface area contributed by atoms with Crippen molar-refractivity contribution >= 4 is 5.91 Å². The fourth-order valence-corrected chi connectivity index (χ4v) is 2.07. The molecule has 0 unspecified atom stereocenters. The molecule has 1 aliphatic rings. The number of hydrogen-bond donors (Lipinski definition) is 0. The molecule has 0 radical (unpaired) electrons. The second kappa shape index (κ2) is 3.86. The van der Waals surface area contributed by atoms with E-state index in [0.717, 1.165) is 25.8 Å². The zero-order chi connectivity index (χ0) is 9.97. The summed E-state index contributed by atoms with van der Waals surface area (Å²) in [5.41, 5.74) is 0. The summed E-state index contributed by atoms with van der Waals surface area (Å²) in [6.07, 6.45) is 4.82. The van der Waals surface area contributed by atoms with E-state index in [1.54, 1.807) is 18.4 Å². The maximum absolute atomic E-state index is 11.9. The molecule has 76 valence electrons. The summed E-state index contributed by atoms with van der Waals surface area (Å²) < 4.78 is 5.11. The van der Waals surface area contributed by atoms with Gasteiger partial charge in [0.15, 0.2) is 5.76 Å². The molecule has 1 aromatic heterocycles. The highest BCUT2D eigenvalue weighted by Gasteiger charge is 2.29.